The Balaban J connectivity index is 1.96. The van der Waals surface area contributed by atoms with Crippen LogP contribution in [0.25, 0.3) is 11.0 Å². The van der Waals surface area contributed by atoms with E-state index in [1.54, 1.807) is 0 Å². The van der Waals surface area contributed by atoms with E-state index >= 15 is 0 Å². The summed E-state index contributed by atoms with van der Waals surface area (Å²) >= 11 is 0. The van der Waals surface area contributed by atoms with Gasteiger partial charge in [0, 0.05) is 19.0 Å². The van der Waals surface area contributed by atoms with Crippen molar-refractivity contribution in [3.8, 4) is 5.75 Å². The standard InChI is InChI=1S/C15H23N3O/c1-4-19-12-5-6-13-14(9-12)18-15(17-13)7-8-16-10-11(2)3/h5-6,9,11,16H,4,7-8,10H2,1-3H3,(H,17,18). The third-order valence-electron chi connectivity index (χ3n) is 2.90. The number of hydrogen-bond donors (Lipinski definition) is 2. The molecule has 0 aliphatic heterocycles. The van der Waals surface area contributed by atoms with Crippen LogP contribution in [0.4, 0.5) is 0 Å². The predicted molar refractivity (Wildman–Crippen MR) is 78.7 cm³/mol. The van der Waals surface area contributed by atoms with Gasteiger partial charge in [-0.1, -0.05) is 13.8 Å². The number of nitrogens with one attached hydrogen (secondary N) is 2. The van der Waals surface area contributed by atoms with E-state index in [1.807, 2.05) is 25.1 Å². The van der Waals surface area contributed by atoms with Crippen LogP contribution in [0.2, 0.25) is 0 Å². The molecule has 1 aromatic carbocycles. The molecular formula is C15H23N3O. The fraction of sp³-hybridized carbons (Fsp3) is 0.533. The average molecular weight is 261 g/mol. The summed E-state index contributed by atoms with van der Waals surface area (Å²) in [5.41, 5.74) is 2.05. The number of H-pyrrole nitrogens is 1. The van der Waals surface area contributed by atoms with Crippen LogP contribution < -0.4 is 10.1 Å². The molecule has 1 heterocycles. The molecule has 0 aliphatic rings. The summed E-state index contributed by atoms with van der Waals surface area (Å²) < 4.78 is 5.49. The van der Waals surface area contributed by atoms with Crippen LogP contribution in [0.1, 0.15) is 26.6 Å². The van der Waals surface area contributed by atoms with E-state index in [1.165, 1.54) is 0 Å². The molecule has 104 valence electrons. The van der Waals surface area contributed by atoms with Crippen molar-refractivity contribution in [2.75, 3.05) is 19.7 Å². The highest BCUT2D eigenvalue weighted by Gasteiger charge is 2.04. The molecule has 0 fully saturated rings. The van der Waals surface area contributed by atoms with Gasteiger partial charge in [0.25, 0.3) is 0 Å². The second-order valence-corrected chi connectivity index (χ2v) is 5.14. The van der Waals surface area contributed by atoms with Crippen molar-refractivity contribution in [2.45, 2.75) is 27.2 Å². The molecule has 2 aromatic rings. The van der Waals surface area contributed by atoms with Gasteiger partial charge in [-0.05, 0) is 31.5 Å². The fourth-order valence-electron chi connectivity index (χ4n) is 2.01. The number of benzene rings is 1. The molecule has 0 amide bonds. The highest BCUT2D eigenvalue weighted by Crippen LogP contribution is 2.19. The van der Waals surface area contributed by atoms with Crippen LogP contribution in [0.15, 0.2) is 18.2 Å². The molecule has 4 heteroatoms. The highest BCUT2D eigenvalue weighted by atomic mass is 16.5. The van der Waals surface area contributed by atoms with Crippen LogP contribution >= 0.6 is 0 Å². The lowest BCUT2D eigenvalue weighted by Crippen LogP contribution is -2.22. The number of fused-ring (bicyclic) bond motifs is 1. The minimum atomic E-state index is 0.685. The van der Waals surface area contributed by atoms with E-state index in [0.717, 1.165) is 42.1 Å². The van der Waals surface area contributed by atoms with Gasteiger partial charge in [-0.3, -0.25) is 0 Å². The third kappa shape index (κ3) is 3.96. The number of hydrogen-bond acceptors (Lipinski definition) is 3. The van der Waals surface area contributed by atoms with Crippen molar-refractivity contribution in [3.63, 3.8) is 0 Å². The topological polar surface area (TPSA) is 49.9 Å². The molecule has 0 bridgehead atoms. The van der Waals surface area contributed by atoms with Crippen molar-refractivity contribution < 1.29 is 4.74 Å². The maximum absolute atomic E-state index is 5.49. The first-order valence-electron chi connectivity index (χ1n) is 7.01. The van der Waals surface area contributed by atoms with Gasteiger partial charge in [0.15, 0.2) is 0 Å². The van der Waals surface area contributed by atoms with Crippen LogP contribution in [0.3, 0.4) is 0 Å². The van der Waals surface area contributed by atoms with Gasteiger partial charge < -0.3 is 15.0 Å². The van der Waals surface area contributed by atoms with Gasteiger partial charge in [-0.25, -0.2) is 4.98 Å². The van der Waals surface area contributed by atoms with Crippen LogP contribution in [-0.4, -0.2) is 29.7 Å². The largest absolute Gasteiger partial charge is 0.494 e. The molecule has 0 atom stereocenters. The maximum Gasteiger partial charge on any atom is 0.121 e. The molecule has 0 unspecified atom stereocenters. The van der Waals surface area contributed by atoms with Crippen molar-refractivity contribution >= 4 is 11.0 Å². The van der Waals surface area contributed by atoms with Gasteiger partial charge in [0.1, 0.15) is 11.6 Å². The summed E-state index contributed by atoms with van der Waals surface area (Å²) in [6.07, 6.45) is 0.922. The van der Waals surface area contributed by atoms with E-state index in [2.05, 4.69) is 29.1 Å². The van der Waals surface area contributed by atoms with Crippen molar-refractivity contribution in [1.82, 2.24) is 15.3 Å². The molecular weight excluding hydrogens is 238 g/mol. The monoisotopic (exact) mass is 261 g/mol. The molecule has 0 saturated heterocycles. The molecule has 19 heavy (non-hydrogen) atoms. The summed E-state index contributed by atoms with van der Waals surface area (Å²) in [5.74, 6) is 2.60. The Kier molecular flexibility index (Phi) is 4.80. The van der Waals surface area contributed by atoms with Crippen LogP contribution in [0.5, 0.6) is 5.75 Å². The second kappa shape index (κ2) is 6.57. The fourth-order valence-corrected chi connectivity index (χ4v) is 2.01. The third-order valence-corrected chi connectivity index (χ3v) is 2.90. The first-order chi connectivity index (χ1) is 9.19. The number of ether oxygens (including phenoxy) is 1. The second-order valence-electron chi connectivity index (χ2n) is 5.14. The number of nitrogens with zero attached hydrogens (tertiary/aromatic N) is 1. The van der Waals surface area contributed by atoms with Crippen molar-refractivity contribution in [3.05, 3.63) is 24.0 Å². The lowest BCUT2D eigenvalue weighted by Gasteiger charge is -2.05. The van der Waals surface area contributed by atoms with Gasteiger partial charge in [-0.15, -0.1) is 0 Å². The zero-order chi connectivity index (χ0) is 13.7. The Morgan fingerprint density at radius 3 is 2.95 bits per heavy atom. The average Bonchev–Trinajstić information content (AvgIpc) is 2.77. The zero-order valence-electron chi connectivity index (χ0n) is 12.0. The summed E-state index contributed by atoms with van der Waals surface area (Å²) in [6.45, 7) is 9.10. The normalized spacial score (nSPS) is 11.4. The summed E-state index contributed by atoms with van der Waals surface area (Å²) in [7, 11) is 0. The lowest BCUT2D eigenvalue weighted by molar-refractivity contribution is 0.340. The summed E-state index contributed by atoms with van der Waals surface area (Å²) in [6, 6.07) is 5.98. The van der Waals surface area contributed by atoms with Crippen LogP contribution in [0, 0.1) is 5.92 Å². The molecule has 4 nitrogen and oxygen atoms in total. The van der Waals surface area contributed by atoms with Gasteiger partial charge in [0.2, 0.25) is 0 Å². The van der Waals surface area contributed by atoms with E-state index in [0.29, 0.717) is 12.5 Å². The lowest BCUT2D eigenvalue weighted by atomic mass is 10.2. The first kappa shape index (κ1) is 13.9. The van der Waals surface area contributed by atoms with E-state index in [-0.39, 0.29) is 0 Å². The molecule has 0 saturated carbocycles. The van der Waals surface area contributed by atoms with Crippen molar-refractivity contribution in [1.29, 1.82) is 0 Å². The number of imidazole rings is 1. The quantitative estimate of drug-likeness (QED) is 0.753. The van der Waals surface area contributed by atoms with E-state index < -0.39 is 0 Å². The van der Waals surface area contributed by atoms with Gasteiger partial charge in [0.05, 0.1) is 17.6 Å². The molecule has 2 rings (SSSR count). The molecule has 1 aromatic heterocycles. The Morgan fingerprint density at radius 2 is 2.21 bits per heavy atom. The number of aromatic amines is 1. The zero-order valence-corrected chi connectivity index (χ0v) is 12.0. The minimum Gasteiger partial charge on any atom is -0.494 e. The smallest absolute Gasteiger partial charge is 0.121 e. The Hall–Kier alpha value is -1.55. The Morgan fingerprint density at radius 1 is 1.37 bits per heavy atom. The molecule has 0 spiro atoms. The molecule has 0 aliphatic carbocycles. The van der Waals surface area contributed by atoms with Crippen molar-refractivity contribution in [2.24, 2.45) is 5.92 Å². The first-order valence-corrected chi connectivity index (χ1v) is 7.01. The van der Waals surface area contributed by atoms with Gasteiger partial charge >= 0.3 is 0 Å². The Bertz CT molecular complexity index is 519. The maximum atomic E-state index is 5.49. The van der Waals surface area contributed by atoms with E-state index in [4.69, 9.17) is 4.74 Å². The highest BCUT2D eigenvalue weighted by molar-refractivity contribution is 5.76. The minimum absolute atomic E-state index is 0.685. The van der Waals surface area contributed by atoms with E-state index in [9.17, 15) is 0 Å². The molecule has 2 N–H and O–H groups in total. The molecule has 0 radical (unpaired) electrons. The predicted octanol–water partition coefficient (Wildman–Crippen LogP) is 2.75. The SMILES string of the molecule is CCOc1ccc2nc(CCNCC(C)C)[nH]c2c1. The van der Waals surface area contributed by atoms with Crippen LogP contribution in [-0.2, 0) is 6.42 Å². The Labute approximate surface area is 114 Å². The number of aromatic nitrogens is 2. The number of rotatable bonds is 7. The summed E-state index contributed by atoms with van der Waals surface area (Å²) in [4.78, 5) is 7.93. The van der Waals surface area contributed by atoms with Gasteiger partial charge in [-0.2, -0.15) is 0 Å². The summed E-state index contributed by atoms with van der Waals surface area (Å²) in [5, 5.41) is 3.42.